The Morgan fingerprint density at radius 3 is 2.39 bits per heavy atom. The highest BCUT2D eigenvalue weighted by Crippen LogP contribution is 2.39. The van der Waals surface area contributed by atoms with E-state index in [9.17, 15) is 9.18 Å². The Morgan fingerprint density at radius 1 is 1.12 bits per heavy atom. The topological polar surface area (TPSA) is 99.0 Å². The summed E-state index contributed by atoms with van der Waals surface area (Å²) in [5, 5.41) is 9.13. The van der Waals surface area contributed by atoms with E-state index in [1.807, 2.05) is 0 Å². The lowest BCUT2D eigenvalue weighted by Gasteiger charge is -2.16. The Balaban J connectivity index is 1.78. The average Bonchev–Trinajstić information content (AvgIpc) is 3.21. The van der Waals surface area contributed by atoms with E-state index in [1.54, 1.807) is 43.1 Å². The normalized spacial score (nSPS) is 11.0. The zero-order valence-corrected chi connectivity index (χ0v) is 18.7. The number of halogens is 1. The number of aliphatic imine (C=N–C) groups is 1. The second-order valence-electron chi connectivity index (χ2n) is 6.76. The Labute approximate surface area is 190 Å². The monoisotopic (exact) mass is 453 g/mol. The maximum atomic E-state index is 14.8. The maximum absolute atomic E-state index is 14.8. The minimum atomic E-state index is -0.665. The molecule has 1 aromatic heterocycles. The Hall–Kier alpha value is -4.34. The summed E-state index contributed by atoms with van der Waals surface area (Å²) in [5.74, 6) is 0.577. The SMILES string of the molecule is C=Nc1cc(OC)c(OC)cc1/C(=C\C)Oc1ccc(NC(=O)Nc2cnn(C)c2)cc1F. The van der Waals surface area contributed by atoms with Crippen molar-refractivity contribution in [3.8, 4) is 17.2 Å². The summed E-state index contributed by atoms with van der Waals surface area (Å²) in [7, 11) is 4.75. The van der Waals surface area contributed by atoms with E-state index in [0.717, 1.165) is 6.07 Å². The van der Waals surface area contributed by atoms with Gasteiger partial charge in [-0.2, -0.15) is 5.10 Å². The van der Waals surface area contributed by atoms with Crippen molar-refractivity contribution in [3.63, 3.8) is 0 Å². The van der Waals surface area contributed by atoms with Crippen LogP contribution >= 0.6 is 0 Å². The second kappa shape index (κ2) is 10.3. The number of methoxy groups -OCH3 is 2. The van der Waals surface area contributed by atoms with E-state index in [0.29, 0.717) is 34.2 Å². The van der Waals surface area contributed by atoms with E-state index >= 15 is 0 Å². The largest absolute Gasteiger partial charge is 0.493 e. The van der Waals surface area contributed by atoms with Crippen LogP contribution < -0.4 is 24.8 Å². The third-order valence-corrected chi connectivity index (χ3v) is 4.57. The van der Waals surface area contributed by atoms with Gasteiger partial charge < -0.3 is 24.8 Å². The smallest absolute Gasteiger partial charge is 0.323 e. The fourth-order valence-electron chi connectivity index (χ4n) is 3.02. The van der Waals surface area contributed by atoms with Crippen molar-refractivity contribution in [1.29, 1.82) is 0 Å². The minimum Gasteiger partial charge on any atom is -0.493 e. The van der Waals surface area contributed by atoms with Crippen LogP contribution in [0.3, 0.4) is 0 Å². The predicted octanol–water partition coefficient (Wildman–Crippen LogP) is 4.99. The van der Waals surface area contributed by atoms with Gasteiger partial charge >= 0.3 is 6.03 Å². The molecule has 3 aromatic rings. The zero-order chi connectivity index (χ0) is 24.0. The lowest BCUT2D eigenvalue weighted by molar-refractivity contribution is 0.262. The van der Waals surface area contributed by atoms with Crippen LogP contribution in [0.25, 0.3) is 5.76 Å². The first kappa shape index (κ1) is 23.3. The summed E-state index contributed by atoms with van der Waals surface area (Å²) in [5.41, 5.74) is 1.78. The number of carbonyl (C=O) groups excluding carboxylic acids is 1. The summed E-state index contributed by atoms with van der Waals surface area (Å²) in [6, 6.07) is 6.90. The first-order valence-electron chi connectivity index (χ1n) is 9.82. The number of ether oxygens (including phenoxy) is 3. The molecule has 0 aliphatic heterocycles. The van der Waals surface area contributed by atoms with Crippen LogP contribution in [0.1, 0.15) is 12.5 Å². The van der Waals surface area contributed by atoms with Crippen LogP contribution in [0.4, 0.5) is 26.2 Å². The van der Waals surface area contributed by atoms with E-state index in [4.69, 9.17) is 14.2 Å². The van der Waals surface area contributed by atoms with Gasteiger partial charge in [-0.1, -0.05) is 0 Å². The number of rotatable bonds is 8. The molecule has 0 saturated carbocycles. The van der Waals surface area contributed by atoms with E-state index in [2.05, 4.69) is 27.4 Å². The fraction of sp³-hybridized carbons (Fsp3) is 0.174. The standard InChI is InChI=1S/C23H24FN5O4/c1-6-19(16-10-21(31-4)22(32-5)11-18(16)25-2)33-20-8-7-14(9-17(20)24)27-23(30)28-15-12-26-29(3)13-15/h6-13H,2H2,1,3-5H3,(H2,27,28,30)/b19-6+. The van der Waals surface area contributed by atoms with Crippen LogP contribution in [-0.4, -0.2) is 36.7 Å². The number of aromatic nitrogens is 2. The van der Waals surface area contributed by atoms with Gasteiger partial charge in [0.05, 0.1) is 31.8 Å². The summed E-state index contributed by atoms with van der Waals surface area (Å²) in [4.78, 5) is 16.1. The number of hydrogen-bond acceptors (Lipinski definition) is 6. The first-order valence-corrected chi connectivity index (χ1v) is 9.82. The van der Waals surface area contributed by atoms with Crippen LogP contribution in [-0.2, 0) is 7.05 Å². The molecule has 0 aliphatic rings. The second-order valence-corrected chi connectivity index (χ2v) is 6.76. The molecule has 0 spiro atoms. The number of nitrogens with one attached hydrogen (secondary N) is 2. The van der Waals surface area contributed by atoms with Crippen molar-refractivity contribution < 1.29 is 23.4 Å². The summed E-state index contributed by atoms with van der Waals surface area (Å²) in [6.45, 7) is 5.33. The number of amides is 2. The van der Waals surface area contributed by atoms with Crippen LogP contribution in [0, 0.1) is 5.82 Å². The van der Waals surface area contributed by atoms with Gasteiger partial charge in [-0.05, 0) is 37.9 Å². The molecule has 0 saturated heterocycles. The van der Waals surface area contributed by atoms with Crippen molar-refractivity contribution in [2.24, 2.45) is 12.0 Å². The molecule has 2 N–H and O–H groups in total. The number of aryl methyl sites for hydroxylation is 1. The van der Waals surface area contributed by atoms with Gasteiger partial charge in [0.25, 0.3) is 0 Å². The molecule has 0 radical (unpaired) electrons. The molecule has 172 valence electrons. The Kier molecular flexibility index (Phi) is 7.29. The lowest BCUT2D eigenvalue weighted by Crippen LogP contribution is -2.19. The van der Waals surface area contributed by atoms with Gasteiger partial charge in [-0.15, -0.1) is 0 Å². The molecule has 10 heteroatoms. The van der Waals surface area contributed by atoms with Gasteiger partial charge in [0.15, 0.2) is 23.1 Å². The molecule has 33 heavy (non-hydrogen) atoms. The molecule has 0 fully saturated rings. The van der Waals surface area contributed by atoms with Gasteiger partial charge in [-0.25, -0.2) is 9.18 Å². The van der Waals surface area contributed by atoms with Gasteiger partial charge in [0.2, 0.25) is 0 Å². The molecule has 0 aliphatic carbocycles. The van der Waals surface area contributed by atoms with E-state index < -0.39 is 11.8 Å². The van der Waals surface area contributed by atoms with E-state index in [1.165, 1.54) is 32.5 Å². The fourth-order valence-corrected chi connectivity index (χ4v) is 3.02. The molecule has 2 amide bonds. The van der Waals surface area contributed by atoms with Crippen molar-refractivity contribution in [2.75, 3.05) is 24.9 Å². The van der Waals surface area contributed by atoms with Crippen molar-refractivity contribution in [2.45, 2.75) is 6.92 Å². The number of benzene rings is 2. The number of urea groups is 1. The quantitative estimate of drug-likeness (QED) is 0.370. The average molecular weight is 453 g/mol. The molecule has 2 aromatic carbocycles. The van der Waals surface area contributed by atoms with Crippen LogP contribution in [0.2, 0.25) is 0 Å². The molecular weight excluding hydrogens is 429 g/mol. The number of carbonyl (C=O) groups is 1. The molecule has 9 nitrogen and oxygen atoms in total. The number of allylic oxidation sites excluding steroid dienone is 1. The highest BCUT2D eigenvalue weighted by Gasteiger charge is 2.17. The molecule has 0 atom stereocenters. The minimum absolute atomic E-state index is 0.0360. The summed E-state index contributed by atoms with van der Waals surface area (Å²) in [6.07, 6.45) is 4.80. The van der Waals surface area contributed by atoms with Crippen molar-refractivity contribution in [3.05, 3.63) is 60.2 Å². The highest BCUT2D eigenvalue weighted by molar-refractivity contribution is 5.99. The van der Waals surface area contributed by atoms with E-state index in [-0.39, 0.29) is 11.4 Å². The van der Waals surface area contributed by atoms with Gasteiger partial charge in [-0.3, -0.25) is 9.67 Å². The Bertz CT molecular complexity index is 1210. The molecular formula is C23H24FN5O4. The lowest BCUT2D eigenvalue weighted by atomic mass is 10.1. The Morgan fingerprint density at radius 2 is 1.82 bits per heavy atom. The highest BCUT2D eigenvalue weighted by atomic mass is 19.1. The third-order valence-electron chi connectivity index (χ3n) is 4.57. The molecule has 3 rings (SSSR count). The maximum Gasteiger partial charge on any atom is 0.323 e. The predicted molar refractivity (Wildman–Crippen MR) is 125 cm³/mol. The van der Waals surface area contributed by atoms with Crippen LogP contribution in [0.15, 0.2) is 53.8 Å². The number of anilines is 2. The van der Waals surface area contributed by atoms with Gasteiger partial charge in [0, 0.05) is 36.6 Å². The summed E-state index contributed by atoms with van der Waals surface area (Å²) >= 11 is 0. The third kappa shape index (κ3) is 5.48. The zero-order valence-electron chi connectivity index (χ0n) is 18.7. The first-order chi connectivity index (χ1) is 15.9. The van der Waals surface area contributed by atoms with Crippen molar-refractivity contribution in [1.82, 2.24) is 9.78 Å². The van der Waals surface area contributed by atoms with Crippen molar-refractivity contribution >= 4 is 35.6 Å². The molecule has 1 heterocycles. The number of nitrogens with zero attached hydrogens (tertiary/aromatic N) is 3. The van der Waals surface area contributed by atoms with Gasteiger partial charge in [0.1, 0.15) is 5.76 Å². The molecule has 0 bridgehead atoms. The van der Waals surface area contributed by atoms with Crippen LogP contribution in [0.5, 0.6) is 17.2 Å². The summed E-state index contributed by atoms with van der Waals surface area (Å²) < 4.78 is 32.8. The molecule has 0 unspecified atom stereocenters. The number of hydrogen-bond donors (Lipinski definition) is 2.